The van der Waals surface area contributed by atoms with Gasteiger partial charge in [-0.3, -0.25) is 9.59 Å². The summed E-state index contributed by atoms with van der Waals surface area (Å²) in [6, 6.07) is 8.83. The standard InChI is InChI=1S/C22H26O5/c1-2-3-5-10-16(23)11-12-17-18-13-21(24)26-20(18)14-19(17)27-22(25)15-8-6-4-7-9-15/h4,6-9,11-12,17-20H,2-3,5,10,13-14H2,1H3/b12-11-/t17-,18+,19+,20-/m0/s1. The highest BCUT2D eigenvalue weighted by atomic mass is 16.6. The van der Waals surface area contributed by atoms with Gasteiger partial charge in [0.25, 0.3) is 0 Å². The zero-order valence-electron chi connectivity index (χ0n) is 15.6. The second-order valence-corrected chi connectivity index (χ2v) is 7.30. The Morgan fingerprint density at radius 1 is 1.22 bits per heavy atom. The fraction of sp³-hybridized carbons (Fsp3) is 0.500. The summed E-state index contributed by atoms with van der Waals surface area (Å²) < 4.78 is 11.1. The summed E-state index contributed by atoms with van der Waals surface area (Å²) in [4.78, 5) is 36.2. The van der Waals surface area contributed by atoms with Gasteiger partial charge in [-0.25, -0.2) is 4.79 Å². The molecule has 1 aliphatic heterocycles. The van der Waals surface area contributed by atoms with Crippen molar-refractivity contribution in [2.45, 2.75) is 57.7 Å². The first kappa shape index (κ1) is 19.3. The summed E-state index contributed by atoms with van der Waals surface area (Å²) in [5.41, 5.74) is 0.491. The molecule has 0 N–H and O–H groups in total. The van der Waals surface area contributed by atoms with E-state index < -0.39 is 0 Å². The van der Waals surface area contributed by atoms with E-state index in [1.54, 1.807) is 30.3 Å². The largest absolute Gasteiger partial charge is 0.462 e. The Morgan fingerprint density at radius 2 is 2.00 bits per heavy atom. The van der Waals surface area contributed by atoms with Crippen molar-refractivity contribution in [1.82, 2.24) is 0 Å². The predicted molar refractivity (Wildman–Crippen MR) is 100 cm³/mol. The third-order valence-corrected chi connectivity index (χ3v) is 5.35. The van der Waals surface area contributed by atoms with Crippen LogP contribution in [-0.4, -0.2) is 29.9 Å². The van der Waals surface area contributed by atoms with Gasteiger partial charge in [0.15, 0.2) is 5.78 Å². The van der Waals surface area contributed by atoms with Gasteiger partial charge in [-0.15, -0.1) is 0 Å². The third kappa shape index (κ3) is 4.85. The Hall–Kier alpha value is -2.43. The van der Waals surface area contributed by atoms with Crippen LogP contribution >= 0.6 is 0 Å². The molecule has 1 heterocycles. The smallest absolute Gasteiger partial charge is 0.338 e. The molecule has 0 unspecified atom stereocenters. The van der Waals surface area contributed by atoms with Crippen LogP contribution in [0.4, 0.5) is 0 Å². The maximum atomic E-state index is 12.4. The number of hydrogen-bond acceptors (Lipinski definition) is 5. The Balaban J connectivity index is 1.67. The zero-order chi connectivity index (χ0) is 19.2. The molecule has 5 nitrogen and oxygen atoms in total. The summed E-state index contributed by atoms with van der Waals surface area (Å²) in [7, 11) is 0. The zero-order valence-corrected chi connectivity index (χ0v) is 15.6. The maximum absolute atomic E-state index is 12.4. The number of benzene rings is 1. The number of unbranched alkanes of at least 4 members (excludes halogenated alkanes) is 2. The maximum Gasteiger partial charge on any atom is 0.338 e. The number of hydrogen-bond donors (Lipinski definition) is 0. The number of esters is 2. The van der Waals surface area contributed by atoms with Crippen molar-refractivity contribution < 1.29 is 23.9 Å². The van der Waals surface area contributed by atoms with Gasteiger partial charge in [0.05, 0.1) is 12.0 Å². The molecular formula is C22H26O5. The lowest BCUT2D eigenvalue weighted by Gasteiger charge is -2.20. The van der Waals surface area contributed by atoms with Crippen molar-refractivity contribution in [3.05, 3.63) is 48.0 Å². The Kier molecular flexibility index (Phi) is 6.43. The lowest BCUT2D eigenvalue weighted by Crippen LogP contribution is -2.24. The first-order valence-electron chi connectivity index (χ1n) is 9.75. The summed E-state index contributed by atoms with van der Waals surface area (Å²) in [5.74, 6) is -0.745. The van der Waals surface area contributed by atoms with Gasteiger partial charge < -0.3 is 9.47 Å². The number of fused-ring (bicyclic) bond motifs is 1. The average Bonchev–Trinajstić information content (AvgIpc) is 3.16. The van der Waals surface area contributed by atoms with Crippen molar-refractivity contribution in [2.24, 2.45) is 11.8 Å². The van der Waals surface area contributed by atoms with E-state index in [9.17, 15) is 14.4 Å². The minimum atomic E-state index is -0.389. The fourth-order valence-electron chi connectivity index (χ4n) is 3.92. The molecule has 3 rings (SSSR count). The summed E-state index contributed by atoms with van der Waals surface area (Å²) in [6.45, 7) is 2.10. The number of rotatable bonds is 8. The van der Waals surface area contributed by atoms with E-state index in [2.05, 4.69) is 6.92 Å². The van der Waals surface area contributed by atoms with Gasteiger partial charge in [0, 0.05) is 24.7 Å². The molecule has 0 radical (unpaired) electrons. The molecule has 144 valence electrons. The molecule has 0 aromatic heterocycles. The Labute approximate surface area is 159 Å². The Morgan fingerprint density at radius 3 is 2.74 bits per heavy atom. The average molecular weight is 370 g/mol. The highest BCUT2D eigenvalue weighted by Crippen LogP contribution is 2.43. The molecule has 5 heteroatoms. The third-order valence-electron chi connectivity index (χ3n) is 5.35. The SMILES string of the molecule is CCCCCC(=O)/C=C\[C@H]1[C@H]2CC(=O)O[C@H]2C[C@H]1OC(=O)c1ccccc1. The quantitative estimate of drug-likeness (QED) is 0.395. The molecule has 27 heavy (non-hydrogen) atoms. The van der Waals surface area contributed by atoms with E-state index in [0.717, 1.165) is 19.3 Å². The van der Waals surface area contributed by atoms with Crippen LogP contribution in [0.25, 0.3) is 0 Å². The number of allylic oxidation sites excluding steroid dienone is 1. The van der Waals surface area contributed by atoms with E-state index >= 15 is 0 Å². The molecule has 0 amide bonds. The molecule has 0 spiro atoms. The van der Waals surface area contributed by atoms with Crippen LogP contribution in [0.5, 0.6) is 0 Å². The van der Waals surface area contributed by atoms with E-state index in [4.69, 9.17) is 9.47 Å². The first-order valence-corrected chi connectivity index (χ1v) is 9.75. The fourth-order valence-corrected chi connectivity index (χ4v) is 3.92. The topological polar surface area (TPSA) is 69.7 Å². The lowest BCUT2D eigenvalue weighted by molar-refractivity contribution is -0.141. The number of ether oxygens (including phenoxy) is 2. The van der Waals surface area contributed by atoms with Crippen LogP contribution in [0.2, 0.25) is 0 Å². The number of carbonyl (C=O) groups excluding carboxylic acids is 3. The number of ketones is 1. The van der Waals surface area contributed by atoms with Crippen LogP contribution in [0, 0.1) is 11.8 Å². The van der Waals surface area contributed by atoms with Crippen LogP contribution < -0.4 is 0 Å². The van der Waals surface area contributed by atoms with Gasteiger partial charge in [-0.2, -0.15) is 0 Å². The molecule has 1 aromatic rings. The highest BCUT2D eigenvalue weighted by Gasteiger charge is 2.50. The minimum absolute atomic E-state index is 0.0363. The van der Waals surface area contributed by atoms with Gasteiger partial charge in [0.1, 0.15) is 12.2 Å². The lowest BCUT2D eigenvalue weighted by atomic mass is 9.91. The molecule has 1 aliphatic carbocycles. The Bertz CT molecular complexity index is 709. The molecule has 1 saturated heterocycles. The van der Waals surface area contributed by atoms with Crippen molar-refractivity contribution in [2.75, 3.05) is 0 Å². The van der Waals surface area contributed by atoms with Crippen LogP contribution in [0.3, 0.4) is 0 Å². The van der Waals surface area contributed by atoms with E-state index in [0.29, 0.717) is 24.8 Å². The van der Waals surface area contributed by atoms with E-state index in [-0.39, 0.29) is 41.8 Å². The molecule has 2 aliphatic rings. The van der Waals surface area contributed by atoms with E-state index in [1.165, 1.54) is 0 Å². The van der Waals surface area contributed by atoms with Gasteiger partial charge >= 0.3 is 11.9 Å². The molecule has 0 bridgehead atoms. The molecule has 1 aromatic carbocycles. The summed E-state index contributed by atoms with van der Waals surface area (Å²) >= 11 is 0. The molecule has 2 fully saturated rings. The molecule has 1 saturated carbocycles. The van der Waals surface area contributed by atoms with Crippen LogP contribution in [0.1, 0.15) is 55.8 Å². The van der Waals surface area contributed by atoms with Crippen molar-refractivity contribution >= 4 is 17.7 Å². The predicted octanol–water partition coefficient (Wildman–Crippen LogP) is 3.87. The summed E-state index contributed by atoms with van der Waals surface area (Å²) in [6.07, 6.45) is 7.08. The van der Waals surface area contributed by atoms with Gasteiger partial charge in [-0.05, 0) is 24.6 Å². The highest BCUT2D eigenvalue weighted by molar-refractivity contribution is 5.90. The summed E-state index contributed by atoms with van der Waals surface area (Å²) in [5, 5.41) is 0. The number of carbonyl (C=O) groups is 3. The van der Waals surface area contributed by atoms with Crippen LogP contribution in [-0.2, 0) is 19.1 Å². The first-order chi connectivity index (χ1) is 13.1. The normalized spacial score (nSPS) is 26.8. The van der Waals surface area contributed by atoms with E-state index in [1.807, 2.05) is 12.1 Å². The van der Waals surface area contributed by atoms with Crippen molar-refractivity contribution in [3.63, 3.8) is 0 Å². The second kappa shape index (κ2) is 8.98. The van der Waals surface area contributed by atoms with Crippen molar-refractivity contribution in [3.8, 4) is 0 Å². The van der Waals surface area contributed by atoms with Crippen molar-refractivity contribution in [1.29, 1.82) is 0 Å². The van der Waals surface area contributed by atoms with Crippen LogP contribution in [0.15, 0.2) is 42.5 Å². The van der Waals surface area contributed by atoms with Gasteiger partial charge in [0.2, 0.25) is 0 Å². The minimum Gasteiger partial charge on any atom is -0.462 e. The molecular weight excluding hydrogens is 344 g/mol. The molecule has 4 atom stereocenters. The monoisotopic (exact) mass is 370 g/mol. The second-order valence-electron chi connectivity index (χ2n) is 7.30. The van der Waals surface area contributed by atoms with Gasteiger partial charge in [-0.1, -0.05) is 44.0 Å².